The highest BCUT2D eigenvalue weighted by atomic mass is 35.5. The van der Waals surface area contributed by atoms with Crippen LogP contribution >= 0.6 is 11.6 Å². The molecule has 4 amide bonds. The zero-order chi connectivity index (χ0) is 22.7. The first-order valence-electron chi connectivity index (χ1n) is 9.58. The molecule has 0 radical (unpaired) electrons. The number of hydrogen-bond donors (Lipinski definition) is 2. The highest BCUT2D eigenvalue weighted by Gasteiger charge is 2.36. The van der Waals surface area contributed by atoms with Crippen molar-refractivity contribution in [1.29, 1.82) is 0 Å². The molecule has 0 spiro atoms. The van der Waals surface area contributed by atoms with E-state index in [1.807, 2.05) is 12.1 Å². The maximum absolute atomic E-state index is 12.9. The minimum absolute atomic E-state index is 0.0131. The minimum atomic E-state index is -0.858. The van der Waals surface area contributed by atoms with Gasteiger partial charge in [0.1, 0.15) is 23.7 Å². The van der Waals surface area contributed by atoms with E-state index in [-0.39, 0.29) is 17.0 Å². The summed E-state index contributed by atoms with van der Waals surface area (Å²) < 4.78 is 5.79. The molecule has 1 saturated heterocycles. The van der Waals surface area contributed by atoms with Gasteiger partial charge in [-0.2, -0.15) is 0 Å². The van der Waals surface area contributed by atoms with Gasteiger partial charge in [0, 0.05) is 5.02 Å². The molecule has 1 heterocycles. The molecular weight excluding hydrogens is 432 g/mol. The molecule has 3 aromatic carbocycles. The van der Waals surface area contributed by atoms with E-state index in [1.54, 1.807) is 36.4 Å². The van der Waals surface area contributed by atoms with Gasteiger partial charge in [0.2, 0.25) is 0 Å². The van der Waals surface area contributed by atoms with Crippen molar-refractivity contribution in [2.45, 2.75) is 6.61 Å². The van der Waals surface area contributed by atoms with Crippen molar-refractivity contribution < 1.29 is 24.2 Å². The van der Waals surface area contributed by atoms with Gasteiger partial charge < -0.3 is 9.84 Å². The van der Waals surface area contributed by atoms with Crippen molar-refractivity contribution in [2.24, 2.45) is 0 Å². The molecule has 7 nitrogen and oxygen atoms in total. The number of amides is 4. The van der Waals surface area contributed by atoms with Gasteiger partial charge in [0.05, 0.1) is 5.69 Å². The lowest BCUT2D eigenvalue weighted by molar-refractivity contribution is -0.122. The Hall–Kier alpha value is -4.10. The fraction of sp³-hybridized carbons (Fsp3) is 0.0417. The number of phenols is 1. The number of nitrogens with one attached hydrogen (secondary N) is 1. The third kappa shape index (κ3) is 4.63. The van der Waals surface area contributed by atoms with E-state index in [0.717, 1.165) is 10.5 Å². The van der Waals surface area contributed by atoms with Crippen molar-refractivity contribution in [2.75, 3.05) is 4.90 Å². The van der Waals surface area contributed by atoms with E-state index in [0.29, 0.717) is 22.9 Å². The van der Waals surface area contributed by atoms with Gasteiger partial charge in [-0.3, -0.25) is 14.9 Å². The summed E-state index contributed by atoms with van der Waals surface area (Å²) in [6.07, 6.45) is 1.40. The zero-order valence-electron chi connectivity index (χ0n) is 16.6. The van der Waals surface area contributed by atoms with Crippen molar-refractivity contribution in [1.82, 2.24) is 5.32 Å². The Morgan fingerprint density at radius 1 is 0.969 bits per heavy atom. The Kier molecular flexibility index (Phi) is 5.91. The van der Waals surface area contributed by atoms with E-state index in [1.165, 1.54) is 30.3 Å². The number of phenolic OH excluding ortho intramolecular Hbond substituents is 1. The number of halogens is 1. The number of hydrogen-bond acceptors (Lipinski definition) is 5. The van der Waals surface area contributed by atoms with Crippen molar-refractivity contribution in [3.63, 3.8) is 0 Å². The lowest BCUT2D eigenvalue weighted by atomic mass is 10.1. The Bertz CT molecular complexity index is 1220. The molecule has 2 N–H and O–H groups in total. The van der Waals surface area contributed by atoms with Crippen LogP contribution in [0.3, 0.4) is 0 Å². The number of benzene rings is 3. The molecule has 32 heavy (non-hydrogen) atoms. The highest BCUT2D eigenvalue weighted by Crippen LogP contribution is 2.25. The molecule has 0 aromatic heterocycles. The number of carbonyl (C=O) groups is 3. The summed E-state index contributed by atoms with van der Waals surface area (Å²) in [6, 6.07) is 18.8. The van der Waals surface area contributed by atoms with Gasteiger partial charge in [-0.1, -0.05) is 35.9 Å². The van der Waals surface area contributed by atoms with Crippen LogP contribution in [0.4, 0.5) is 10.5 Å². The first kappa shape index (κ1) is 21.1. The van der Waals surface area contributed by atoms with Crippen LogP contribution < -0.4 is 15.0 Å². The zero-order valence-corrected chi connectivity index (χ0v) is 17.4. The molecule has 4 rings (SSSR count). The molecule has 0 atom stereocenters. The molecule has 0 unspecified atom stereocenters. The Morgan fingerprint density at radius 3 is 2.41 bits per heavy atom. The van der Waals surface area contributed by atoms with Crippen molar-refractivity contribution in [3.8, 4) is 11.5 Å². The van der Waals surface area contributed by atoms with Crippen LogP contribution in [0.5, 0.6) is 11.5 Å². The standard InChI is InChI=1S/C24H17ClN2O5/c25-17-6-4-15(5-7-17)14-32-20-3-1-2-16(12-20)13-21-22(29)26-24(31)27(23(21)30)18-8-10-19(28)11-9-18/h1-13,28H,14H2,(H,26,29,31)/b21-13-. The Labute approximate surface area is 188 Å². The topological polar surface area (TPSA) is 95.9 Å². The summed E-state index contributed by atoms with van der Waals surface area (Å²) in [6.45, 7) is 0.319. The molecule has 160 valence electrons. The van der Waals surface area contributed by atoms with Gasteiger partial charge in [0.25, 0.3) is 11.8 Å². The van der Waals surface area contributed by atoms with E-state index >= 15 is 0 Å². The van der Waals surface area contributed by atoms with Gasteiger partial charge in [-0.25, -0.2) is 9.69 Å². The fourth-order valence-corrected chi connectivity index (χ4v) is 3.23. The minimum Gasteiger partial charge on any atom is -0.508 e. The van der Waals surface area contributed by atoms with Crippen LogP contribution in [-0.2, 0) is 16.2 Å². The number of aromatic hydroxyl groups is 1. The maximum atomic E-state index is 12.9. The van der Waals surface area contributed by atoms with Gasteiger partial charge >= 0.3 is 6.03 Å². The number of urea groups is 1. The quantitative estimate of drug-likeness (QED) is 0.448. The molecule has 8 heteroatoms. The Balaban J connectivity index is 1.56. The molecule has 3 aromatic rings. The normalized spacial score (nSPS) is 15.1. The molecule has 0 aliphatic carbocycles. The second-order valence-electron chi connectivity index (χ2n) is 6.96. The predicted octanol–water partition coefficient (Wildman–Crippen LogP) is 4.29. The number of nitrogens with zero attached hydrogens (tertiary/aromatic N) is 1. The number of rotatable bonds is 5. The molecule has 1 fully saturated rings. The van der Waals surface area contributed by atoms with E-state index < -0.39 is 17.8 Å². The lowest BCUT2D eigenvalue weighted by Gasteiger charge is -2.26. The monoisotopic (exact) mass is 448 g/mol. The second kappa shape index (κ2) is 8.95. The van der Waals surface area contributed by atoms with Crippen LogP contribution in [0.15, 0.2) is 78.4 Å². The van der Waals surface area contributed by atoms with Crippen molar-refractivity contribution in [3.05, 3.63) is 94.5 Å². The average molecular weight is 449 g/mol. The smallest absolute Gasteiger partial charge is 0.335 e. The fourth-order valence-electron chi connectivity index (χ4n) is 3.10. The summed E-state index contributed by atoms with van der Waals surface area (Å²) in [5, 5.41) is 12.2. The van der Waals surface area contributed by atoms with Gasteiger partial charge in [-0.15, -0.1) is 0 Å². The number of barbiturate groups is 1. The summed E-state index contributed by atoms with van der Waals surface area (Å²) in [5.41, 5.74) is 1.51. The molecule has 0 bridgehead atoms. The summed E-state index contributed by atoms with van der Waals surface area (Å²) in [7, 11) is 0. The summed E-state index contributed by atoms with van der Waals surface area (Å²) >= 11 is 5.89. The van der Waals surface area contributed by atoms with Crippen LogP contribution in [-0.4, -0.2) is 23.0 Å². The van der Waals surface area contributed by atoms with Gasteiger partial charge in [-0.05, 0) is 65.7 Å². The number of imide groups is 2. The van der Waals surface area contributed by atoms with Crippen LogP contribution in [0.1, 0.15) is 11.1 Å². The number of carbonyl (C=O) groups excluding carboxylic acids is 3. The number of anilines is 1. The molecule has 1 aliphatic heterocycles. The van der Waals surface area contributed by atoms with E-state index in [9.17, 15) is 19.5 Å². The van der Waals surface area contributed by atoms with Gasteiger partial charge in [0.15, 0.2) is 0 Å². The maximum Gasteiger partial charge on any atom is 0.335 e. The van der Waals surface area contributed by atoms with Crippen LogP contribution in [0.2, 0.25) is 5.02 Å². The first-order valence-corrected chi connectivity index (χ1v) is 9.96. The Morgan fingerprint density at radius 2 is 1.69 bits per heavy atom. The third-order valence-corrected chi connectivity index (χ3v) is 4.95. The van der Waals surface area contributed by atoms with Crippen LogP contribution in [0.25, 0.3) is 6.08 Å². The molecular formula is C24H17ClN2O5. The average Bonchev–Trinajstić information content (AvgIpc) is 2.78. The van der Waals surface area contributed by atoms with E-state index in [2.05, 4.69) is 5.32 Å². The van der Waals surface area contributed by atoms with E-state index in [4.69, 9.17) is 16.3 Å². The van der Waals surface area contributed by atoms with Crippen LogP contribution in [0, 0.1) is 0 Å². The largest absolute Gasteiger partial charge is 0.508 e. The SMILES string of the molecule is O=C1NC(=O)N(c2ccc(O)cc2)C(=O)/C1=C\c1cccc(OCc2ccc(Cl)cc2)c1. The van der Waals surface area contributed by atoms with Crippen molar-refractivity contribution >= 4 is 41.2 Å². The summed E-state index contributed by atoms with van der Waals surface area (Å²) in [5.74, 6) is -1.02. The second-order valence-corrected chi connectivity index (χ2v) is 7.40. The predicted molar refractivity (Wildman–Crippen MR) is 119 cm³/mol. The molecule has 0 saturated carbocycles. The number of ether oxygens (including phenoxy) is 1. The lowest BCUT2D eigenvalue weighted by Crippen LogP contribution is -2.54. The highest BCUT2D eigenvalue weighted by molar-refractivity contribution is 6.39. The third-order valence-electron chi connectivity index (χ3n) is 4.70. The first-order chi connectivity index (χ1) is 15.4. The molecule has 1 aliphatic rings. The summed E-state index contributed by atoms with van der Waals surface area (Å²) in [4.78, 5) is 38.4.